The highest BCUT2D eigenvalue weighted by atomic mass is 35.5. The van der Waals surface area contributed by atoms with E-state index in [2.05, 4.69) is 16.0 Å². The number of hydrogen-bond donors (Lipinski definition) is 4. The van der Waals surface area contributed by atoms with Crippen LogP contribution in [0.15, 0.2) is 30.3 Å². The van der Waals surface area contributed by atoms with E-state index in [0.717, 1.165) is 0 Å². The van der Waals surface area contributed by atoms with Crippen LogP contribution >= 0.6 is 11.6 Å². The Labute approximate surface area is 238 Å². The minimum Gasteiger partial charge on any atom is -0.481 e. The molecule has 2 atom stereocenters. The second-order valence-corrected chi connectivity index (χ2v) is 10.7. The summed E-state index contributed by atoms with van der Waals surface area (Å²) in [6.07, 6.45) is -5.05. The Hall–Kier alpha value is -3.00. The van der Waals surface area contributed by atoms with Crippen molar-refractivity contribution in [2.24, 2.45) is 0 Å². The Morgan fingerprint density at radius 2 is 1.68 bits per heavy atom. The van der Waals surface area contributed by atoms with Crippen LogP contribution in [0.1, 0.15) is 28.8 Å². The number of aliphatic carboxylic acids is 1. The van der Waals surface area contributed by atoms with E-state index < -0.39 is 41.7 Å². The summed E-state index contributed by atoms with van der Waals surface area (Å²) in [6, 6.07) is 6.73. The molecule has 2 aromatic carbocycles. The average Bonchev–Trinajstić information content (AvgIpc) is 2.92. The Bertz CT molecular complexity index is 1250. The van der Waals surface area contributed by atoms with Gasteiger partial charge in [0.15, 0.2) is 11.6 Å². The molecule has 2 heterocycles. The number of anilines is 2. The van der Waals surface area contributed by atoms with Gasteiger partial charge in [0, 0.05) is 62.9 Å². The largest absolute Gasteiger partial charge is 0.481 e. The van der Waals surface area contributed by atoms with Gasteiger partial charge in [0.2, 0.25) is 0 Å². The molecule has 224 valence electrons. The number of benzene rings is 2. The fraction of sp³-hybridized carbons (Fsp3) is 0.481. The van der Waals surface area contributed by atoms with Gasteiger partial charge in [-0.25, -0.2) is 8.78 Å². The molecule has 0 aromatic heterocycles. The quantitative estimate of drug-likeness (QED) is 0.323. The molecule has 4 rings (SSSR count). The summed E-state index contributed by atoms with van der Waals surface area (Å²) < 4.78 is 67.7. The first-order valence-electron chi connectivity index (χ1n) is 13.2. The van der Waals surface area contributed by atoms with E-state index in [1.807, 2.05) is 4.90 Å². The van der Waals surface area contributed by atoms with Crippen molar-refractivity contribution in [3.63, 3.8) is 0 Å². The second kappa shape index (κ2) is 13.3. The third-order valence-electron chi connectivity index (χ3n) is 7.23. The normalized spacial score (nSPS) is 20.2. The van der Waals surface area contributed by atoms with E-state index >= 15 is 4.39 Å². The zero-order chi connectivity index (χ0) is 29.7. The van der Waals surface area contributed by atoms with Crippen LogP contribution in [-0.2, 0) is 11.2 Å². The predicted octanol–water partition coefficient (Wildman–Crippen LogP) is 3.89. The lowest BCUT2D eigenvalue weighted by Gasteiger charge is -2.37. The van der Waals surface area contributed by atoms with Crippen molar-refractivity contribution in [2.75, 3.05) is 56.0 Å². The summed E-state index contributed by atoms with van der Waals surface area (Å²) in [4.78, 5) is 27.5. The topological polar surface area (TPSA) is 96.9 Å². The number of halogens is 6. The summed E-state index contributed by atoms with van der Waals surface area (Å²) in [5.74, 6) is -4.23. The summed E-state index contributed by atoms with van der Waals surface area (Å²) in [6.45, 7) is 2.17. The van der Waals surface area contributed by atoms with Gasteiger partial charge in [0.05, 0.1) is 29.8 Å². The van der Waals surface area contributed by atoms with E-state index in [-0.39, 0.29) is 37.0 Å². The molecule has 2 saturated heterocycles. The molecule has 0 bridgehead atoms. The molecular formula is C27H31ClF5N5O3. The van der Waals surface area contributed by atoms with Crippen molar-refractivity contribution in [1.82, 2.24) is 15.5 Å². The molecule has 0 spiro atoms. The smallest absolute Gasteiger partial charge is 0.390 e. The highest BCUT2D eigenvalue weighted by Crippen LogP contribution is 2.31. The number of piperazine rings is 2. The van der Waals surface area contributed by atoms with Crippen LogP contribution in [0.4, 0.5) is 33.3 Å². The molecular weight excluding hydrogens is 573 g/mol. The van der Waals surface area contributed by atoms with Gasteiger partial charge in [-0.1, -0.05) is 17.7 Å². The molecule has 2 unspecified atom stereocenters. The maximum Gasteiger partial charge on any atom is 0.390 e. The second-order valence-electron chi connectivity index (χ2n) is 10.2. The Morgan fingerprint density at radius 3 is 2.32 bits per heavy atom. The minimum atomic E-state index is -4.23. The summed E-state index contributed by atoms with van der Waals surface area (Å²) in [5, 5.41) is 18.1. The monoisotopic (exact) mass is 603 g/mol. The van der Waals surface area contributed by atoms with Gasteiger partial charge >= 0.3 is 12.1 Å². The van der Waals surface area contributed by atoms with Crippen LogP contribution in [0.3, 0.4) is 0 Å². The number of carbonyl (C=O) groups is 2. The number of carboxylic acids is 1. The molecule has 0 aliphatic carbocycles. The number of rotatable bonds is 9. The molecule has 1 amide bonds. The number of amides is 1. The third kappa shape index (κ3) is 8.51. The lowest BCUT2D eigenvalue weighted by Crippen LogP contribution is -2.55. The lowest BCUT2D eigenvalue weighted by molar-refractivity contribution is -0.138. The average molecular weight is 604 g/mol. The predicted molar refractivity (Wildman–Crippen MR) is 145 cm³/mol. The maximum absolute atomic E-state index is 15.0. The molecule has 4 N–H and O–H groups in total. The number of hydrogen-bond acceptors (Lipinski definition) is 6. The number of nitrogens with zero attached hydrogens (tertiary/aromatic N) is 2. The summed E-state index contributed by atoms with van der Waals surface area (Å²) in [7, 11) is 0. The van der Waals surface area contributed by atoms with Crippen LogP contribution in [-0.4, -0.2) is 86.0 Å². The molecule has 41 heavy (non-hydrogen) atoms. The van der Waals surface area contributed by atoms with Gasteiger partial charge < -0.3 is 26.0 Å². The van der Waals surface area contributed by atoms with Crippen molar-refractivity contribution in [1.29, 1.82) is 0 Å². The van der Waals surface area contributed by atoms with Crippen LogP contribution < -0.4 is 20.9 Å². The first-order valence-corrected chi connectivity index (χ1v) is 13.6. The van der Waals surface area contributed by atoms with E-state index in [0.29, 0.717) is 55.7 Å². The van der Waals surface area contributed by atoms with E-state index in [1.165, 1.54) is 24.3 Å². The zero-order valence-electron chi connectivity index (χ0n) is 22.0. The number of alkyl halides is 3. The third-order valence-corrected chi connectivity index (χ3v) is 7.47. The lowest BCUT2D eigenvalue weighted by atomic mass is 10.00. The highest BCUT2D eigenvalue weighted by molar-refractivity contribution is 6.31. The van der Waals surface area contributed by atoms with Crippen molar-refractivity contribution in [3.05, 3.63) is 58.1 Å². The Kier molecular flexibility index (Phi) is 10.1. The van der Waals surface area contributed by atoms with Crippen LogP contribution in [0.25, 0.3) is 0 Å². The number of carboxylic acid groups (broad SMARTS) is 1. The molecule has 2 aliphatic heterocycles. The van der Waals surface area contributed by atoms with Crippen LogP contribution in [0.5, 0.6) is 0 Å². The van der Waals surface area contributed by atoms with E-state index in [9.17, 15) is 27.2 Å². The molecule has 0 radical (unpaired) electrons. The van der Waals surface area contributed by atoms with Crippen molar-refractivity contribution in [3.8, 4) is 0 Å². The van der Waals surface area contributed by atoms with Gasteiger partial charge in [-0.15, -0.1) is 0 Å². The minimum absolute atomic E-state index is 0.0555. The standard InChI is InChI=1S/C27H31ClF5N5O3/c28-17-2-4-21(22(12-17)38-9-7-37(8-10-38)6-5-27(31,32)33)36-26(41)20-3-1-16(24(29)25(20)30)11-18-14-35-19(15-34-18)13-23(39)40/h1-4,12,18-19,34-35H,5-11,13-15H2,(H,36,41)(H,39,40). The fourth-order valence-corrected chi connectivity index (χ4v) is 5.17. The highest BCUT2D eigenvalue weighted by Gasteiger charge is 2.30. The van der Waals surface area contributed by atoms with Gasteiger partial charge in [-0.05, 0) is 36.2 Å². The Morgan fingerprint density at radius 1 is 1.00 bits per heavy atom. The summed E-state index contributed by atoms with van der Waals surface area (Å²) in [5.41, 5.74) is 0.419. The number of nitrogens with one attached hydrogen (secondary N) is 3. The maximum atomic E-state index is 15.0. The molecule has 8 nitrogen and oxygen atoms in total. The molecule has 2 fully saturated rings. The van der Waals surface area contributed by atoms with Crippen molar-refractivity contribution < 1.29 is 36.6 Å². The van der Waals surface area contributed by atoms with Crippen molar-refractivity contribution >= 4 is 34.9 Å². The number of carbonyl (C=O) groups excluding carboxylic acids is 1. The molecule has 14 heteroatoms. The van der Waals surface area contributed by atoms with Crippen LogP contribution in [0, 0.1) is 11.6 Å². The van der Waals surface area contributed by atoms with Gasteiger partial charge in [-0.3, -0.25) is 14.5 Å². The molecule has 2 aromatic rings. The Balaban J connectivity index is 1.40. The summed E-state index contributed by atoms with van der Waals surface area (Å²) >= 11 is 6.17. The first kappa shape index (κ1) is 30.9. The molecule has 0 saturated carbocycles. The van der Waals surface area contributed by atoms with E-state index in [4.69, 9.17) is 16.7 Å². The zero-order valence-corrected chi connectivity index (χ0v) is 22.8. The fourth-order valence-electron chi connectivity index (χ4n) is 5.01. The SMILES string of the molecule is O=C(O)CC1CNC(Cc2ccc(C(=O)Nc3ccc(Cl)cc3N3CCN(CCC(F)(F)F)CC3)c(F)c2F)CN1. The van der Waals surface area contributed by atoms with Gasteiger partial charge in [-0.2, -0.15) is 13.2 Å². The van der Waals surface area contributed by atoms with Gasteiger partial charge in [0.25, 0.3) is 5.91 Å². The van der Waals surface area contributed by atoms with Gasteiger partial charge in [0.1, 0.15) is 0 Å². The molecule has 2 aliphatic rings. The van der Waals surface area contributed by atoms with Crippen molar-refractivity contribution in [2.45, 2.75) is 37.5 Å². The first-order chi connectivity index (χ1) is 19.4. The van der Waals surface area contributed by atoms with E-state index in [1.54, 1.807) is 11.0 Å². The van der Waals surface area contributed by atoms with Crippen LogP contribution in [0.2, 0.25) is 5.02 Å².